The number of benzene rings is 2. The normalized spacial score (nSPS) is 12.1. The summed E-state index contributed by atoms with van der Waals surface area (Å²) in [5.41, 5.74) is 0.0434. The minimum Gasteiger partial charge on any atom is -0.280 e. The maximum absolute atomic E-state index is 13.1. The molecule has 0 saturated carbocycles. The van der Waals surface area contributed by atoms with Crippen LogP contribution in [0.2, 0.25) is 0 Å². The van der Waals surface area contributed by atoms with Crippen LogP contribution in [0.3, 0.4) is 0 Å². The van der Waals surface area contributed by atoms with Crippen molar-refractivity contribution in [2.75, 3.05) is 11.8 Å². The van der Waals surface area contributed by atoms with Crippen molar-refractivity contribution in [3.63, 3.8) is 0 Å². The monoisotopic (exact) mass is 344 g/mol. The van der Waals surface area contributed by atoms with Gasteiger partial charge in [-0.15, -0.1) is 0 Å². The topological polar surface area (TPSA) is 92.3 Å². The number of nitrogens with one attached hydrogen (secondary N) is 2. The van der Waals surface area contributed by atoms with E-state index in [-0.39, 0.29) is 15.5 Å². The molecule has 0 aliphatic carbocycles. The van der Waals surface area contributed by atoms with Gasteiger partial charge in [0.1, 0.15) is 5.82 Å². The van der Waals surface area contributed by atoms with Crippen LogP contribution in [-0.2, 0) is 20.0 Å². The molecule has 9 heteroatoms. The fourth-order valence-electron chi connectivity index (χ4n) is 1.69. The van der Waals surface area contributed by atoms with Crippen molar-refractivity contribution in [2.24, 2.45) is 0 Å². The lowest BCUT2D eigenvalue weighted by Crippen LogP contribution is -2.19. The summed E-state index contributed by atoms with van der Waals surface area (Å²) >= 11 is 0. The minimum absolute atomic E-state index is 0.0434. The van der Waals surface area contributed by atoms with Gasteiger partial charge in [-0.25, -0.2) is 25.9 Å². The van der Waals surface area contributed by atoms with E-state index in [4.69, 9.17) is 0 Å². The number of anilines is 1. The number of halogens is 1. The van der Waals surface area contributed by atoms with E-state index in [9.17, 15) is 21.2 Å². The average Bonchev–Trinajstić information content (AvgIpc) is 2.47. The maximum atomic E-state index is 13.1. The molecular formula is C13H13FN2O4S2. The maximum Gasteiger partial charge on any atom is 0.261 e. The Morgan fingerprint density at radius 1 is 0.864 bits per heavy atom. The molecule has 0 aliphatic heterocycles. The first kappa shape index (κ1) is 16.4. The Morgan fingerprint density at radius 3 is 2.05 bits per heavy atom. The summed E-state index contributed by atoms with van der Waals surface area (Å²) in [6.45, 7) is 0. The third-order valence-electron chi connectivity index (χ3n) is 2.77. The molecule has 2 rings (SSSR count). The van der Waals surface area contributed by atoms with Crippen LogP contribution in [0.25, 0.3) is 0 Å². The van der Waals surface area contributed by atoms with Crippen LogP contribution >= 0.6 is 0 Å². The van der Waals surface area contributed by atoms with Crippen molar-refractivity contribution >= 4 is 25.7 Å². The molecule has 0 unspecified atom stereocenters. The van der Waals surface area contributed by atoms with Gasteiger partial charge in [0.15, 0.2) is 0 Å². The first-order valence-corrected chi connectivity index (χ1v) is 9.03. The van der Waals surface area contributed by atoms with E-state index in [1.165, 1.54) is 43.4 Å². The molecule has 0 heterocycles. The Morgan fingerprint density at radius 2 is 1.45 bits per heavy atom. The van der Waals surface area contributed by atoms with E-state index in [1.54, 1.807) is 0 Å². The zero-order valence-electron chi connectivity index (χ0n) is 11.4. The van der Waals surface area contributed by atoms with Crippen molar-refractivity contribution in [2.45, 2.75) is 9.79 Å². The zero-order chi connectivity index (χ0) is 16.4. The second-order valence-corrected chi connectivity index (χ2v) is 7.87. The fraction of sp³-hybridized carbons (Fsp3) is 0.0769. The Kier molecular flexibility index (Phi) is 4.50. The van der Waals surface area contributed by atoms with Gasteiger partial charge in [0.2, 0.25) is 10.0 Å². The highest BCUT2D eigenvalue weighted by molar-refractivity contribution is 7.93. The molecule has 0 atom stereocenters. The zero-order valence-corrected chi connectivity index (χ0v) is 13.1. The highest BCUT2D eigenvalue weighted by Crippen LogP contribution is 2.19. The van der Waals surface area contributed by atoms with Gasteiger partial charge in [0.25, 0.3) is 10.0 Å². The molecule has 0 spiro atoms. The molecule has 22 heavy (non-hydrogen) atoms. The molecule has 0 aliphatic rings. The molecule has 0 radical (unpaired) electrons. The third kappa shape index (κ3) is 3.62. The number of sulfonamides is 2. The van der Waals surface area contributed by atoms with Crippen LogP contribution < -0.4 is 9.44 Å². The Balaban J connectivity index is 2.40. The van der Waals surface area contributed by atoms with Gasteiger partial charge in [-0.05, 0) is 43.4 Å². The van der Waals surface area contributed by atoms with Crippen LogP contribution in [0.5, 0.6) is 0 Å². The Hall–Kier alpha value is -1.97. The number of rotatable bonds is 5. The molecule has 0 fully saturated rings. The van der Waals surface area contributed by atoms with Gasteiger partial charge in [-0.3, -0.25) is 4.72 Å². The van der Waals surface area contributed by atoms with Crippen LogP contribution in [0.4, 0.5) is 10.1 Å². The summed E-state index contributed by atoms with van der Waals surface area (Å²) in [5.74, 6) is -0.591. The quantitative estimate of drug-likeness (QED) is 0.860. The van der Waals surface area contributed by atoms with Crippen LogP contribution in [-0.4, -0.2) is 23.9 Å². The second-order valence-electron chi connectivity index (χ2n) is 4.30. The van der Waals surface area contributed by atoms with E-state index in [0.29, 0.717) is 0 Å². The fourth-order valence-corrected chi connectivity index (χ4v) is 3.64. The minimum atomic E-state index is -4.03. The lowest BCUT2D eigenvalue weighted by atomic mass is 10.3. The SMILES string of the molecule is CNS(=O)(=O)c1cccc(S(=O)(=O)Nc2cccc(F)c2)c1. The van der Waals surface area contributed by atoms with Crippen molar-refractivity contribution in [3.8, 4) is 0 Å². The van der Waals surface area contributed by atoms with Crippen molar-refractivity contribution in [3.05, 3.63) is 54.3 Å². The number of hydrogen-bond acceptors (Lipinski definition) is 4. The highest BCUT2D eigenvalue weighted by atomic mass is 32.2. The largest absolute Gasteiger partial charge is 0.280 e. The molecule has 2 N–H and O–H groups in total. The molecule has 2 aromatic carbocycles. The van der Waals surface area contributed by atoms with Gasteiger partial charge in [-0.1, -0.05) is 12.1 Å². The average molecular weight is 344 g/mol. The summed E-state index contributed by atoms with van der Waals surface area (Å²) in [4.78, 5) is -0.426. The summed E-state index contributed by atoms with van der Waals surface area (Å²) < 4.78 is 65.3. The van der Waals surface area contributed by atoms with Crippen molar-refractivity contribution < 1.29 is 21.2 Å². The molecule has 2 aromatic rings. The predicted molar refractivity (Wildman–Crippen MR) is 79.9 cm³/mol. The summed E-state index contributed by atoms with van der Waals surface area (Å²) in [6.07, 6.45) is 0. The second kappa shape index (κ2) is 6.03. The molecule has 0 saturated heterocycles. The Bertz CT molecular complexity index is 896. The summed E-state index contributed by atoms with van der Waals surface area (Å²) in [6, 6.07) is 9.79. The lowest BCUT2D eigenvalue weighted by Gasteiger charge is -2.09. The molecule has 0 bridgehead atoms. The van der Waals surface area contributed by atoms with E-state index < -0.39 is 25.9 Å². The van der Waals surface area contributed by atoms with Gasteiger partial charge in [0.05, 0.1) is 15.5 Å². The first-order chi connectivity index (χ1) is 10.2. The lowest BCUT2D eigenvalue weighted by molar-refractivity contribution is 0.588. The molecule has 118 valence electrons. The predicted octanol–water partition coefficient (Wildman–Crippen LogP) is 1.53. The molecule has 0 aromatic heterocycles. The molecule has 6 nitrogen and oxygen atoms in total. The summed E-state index contributed by atoms with van der Waals surface area (Å²) in [5, 5.41) is 0. The third-order valence-corrected chi connectivity index (χ3v) is 5.56. The van der Waals surface area contributed by atoms with E-state index >= 15 is 0 Å². The van der Waals surface area contributed by atoms with Crippen molar-refractivity contribution in [1.82, 2.24) is 4.72 Å². The summed E-state index contributed by atoms with van der Waals surface area (Å²) in [7, 11) is -6.57. The van der Waals surface area contributed by atoms with E-state index in [2.05, 4.69) is 9.44 Å². The van der Waals surface area contributed by atoms with Gasteiger partial charge in [-0.2, -0.15) is 0 Å². The van der Waals surface area contributed by atoms with Crippen molar-refractivity contribution in [1.29, 1.82) is 0 Å². The van der Waals surface area contributed by atoms with Gasteiger partial charge >= 0.3 is 0 Å². The standard InChI is InChI=1S/C13H13FN2O4S2/c1-15-21(17,18)12-6-3-7-13(9-12)22(19,20)16-11-5-2-4-10(14)8-11/h2-9,15-16H,1H3. The smallest absolute Gasteiger partial charge is 0.261 e. The first-order valence-electron chi connectivity index (χ1n) is 6.06. The van der Waals surface area contributed by atoms with Gasteiger partial charge in [0, 0.05) is 0 Å². The van der Waals surface area contributed by atoms with Crippen LogP contribution in [0, 0.1) is 5.82 Å². The van der Waals surface area contributed by atoms with Gasteiger partial charge < -0.3 is 0 Å². The van der Waals surface area contributed by atoms with Crippen LogP contribution in [0.15, 0.2) is 58.3 Å². The van der Waals surface area contributed by atoms with Crippen LogP contribution in [0.1, 0.15) is 0 Å². The Labute approximate surface area is 128 Å². The highest BCUT2D eigenvalue weighted by Gasteiger charge is 2.18. The molecule has 0 amide bonds. The number of hydrogen-bond donors (Lipinski definition) is 2. The molecular weight excluding hydrogens is 331 g/mol. The van der Waals surface area contributed by atoms with E-state index in [0.717, 1.165) is 12.1 Å². The van der Waals surface area contributed by atoms with E-state index in [1.807, 2.05) is 0 Å².